The highest BCUT2D eigenvalue weighted by Gasteiger charge is 2.34. The molecule has 0 saturated carbocycles. The molecule has 1 atom stereocenters. The molecule has 0 aliphatic rings. The number of halogens is 6. The molecule has 248 valence electrons. The Hall–Kier alpha value is -4.86. The van der Waals surface area contributed by atoms with E-state index >= 15 is 0 Å². The van der Waals surface area contributed by atoms with Crippen LogP contribution in [0.4, 0.5) is 32.0 Å². The van der Waals surface area contributed by atoms with Crippen molar-refractivity contribution in [3.8, 4) is 0 Å². The summed E-state index contributed by atoms with van der Waals surface area (Å²) in [6, 6.07) is 14.2. The molecule has 0 fully saturated rings. The maximum Gasteiger partial charge on any atom is 0.416 e. The highest BCUT2D eigenvalue weighted by atomic mass is 19.4. The van der Waals surface area contributed by atoms with E-state index in [1.165, 1.54) is 34.1 Å². The lowest BCUT2D eigenvalue weighted by atomic mass is 10.0. The Morgan fingerprint density at radius 1 is 0.830 bits per heavy atom. The minimum Gasteiger partial charge on any atom is -0.330 e. The fraction of sp³-hybridized carbons (Fsp3) is 0.243. The molecule has 0 bridgehead atoms. The number of alkyl halides is 6. The molecule has 2 amide bonds. The second kappa shape index (κ2) is 15.6. The molecule has 0 heterocycles. The monoisotopic (exact) mass is 654 g/mol. The van der Waals surface area contributed by atoms with Crippen molar-refractivity contribution in [2.75, 3.05) is 11.4 Å². The van der Waals surface area contributed by atoms with Gasteiger partial charge < -0.3 is 4.90 Å². The lowest BCUT2D eigenvalue weighted by Gasteiger charge is -2.36. The topological polar surface area (TPSA) is 40.6 Å². The van der Waals surface area contributed by atoms with E-state index in [1.54, 1.807) is 69.3 Å². The van der Waals surface area contributed by atoms with Crippen molar-refractivity contribution >= 4 is 17.5 Å². The predicted octanol–water partition coefficient (Wildman–Crippen LogP) is 9.73. The summed E-state index contributed by atoms with van der Waals surface area (Å²) in [5.41, 5.74) is 0.427. The molecule has 3 aromatic rings. The van der Waals surface area contributed by atoms with Gasteiger partial charge in [0.05, 0.1) is 23.6 Å². The number of carbonyl (C=O) groups is 2. The molecule has 10 heteroatoms. The van der Waals surface area contributed by atoms with Gasteiger partial charge in [0.1, 0.15) is 0 Å². The smallest absolute Gasteiger partial charge is 0.330 e. The molecule has 0 aliphatic heterocycles. The van der Waals surface area contributed by atoms with Crippen LogP contribution < -0.4 is 4.90 Å². The van der Waals surface area contributed by atoms with E-state index in [0.717, 1.165) is 29.8 Å². The van der Waals surface area contributed by atoms with Crippen LogP contribution in [0.15, 0.2) is 121 Å². The van der Waals surface area contributed by atoms with Crippen LogP contribution in [0, 0.1) is 6.92 Å². The van der Waals surface area contributed by atoms with Crippen molar-refractivity contribution in [1.82, 2.24) is 4.90 Å². The van der Waals surface area contributed by atoms with Gasteiger partial charge in [-0.25, -0.2) is 0 Å². The molecule has 3 rings (SSSR count). The standard InChI is InChI=1S/C37H36F6N2O2/c1-6-8-9-13-28(7-2)24-44(34(46)23-29-15-17-30(18-16-29)36(38,39)40)26(4)27(5)45(35(47)33-14-11-10-12-25(33)3)32-21-19-31(20-22-32)37(41,42)43/h6-22,26H,5,23-24H2,1-4H3/b8-6-,13-9-,28-7+. The number of hydrogen-bond acceptors (Lipinski definition) is 2. The number of allylic oxidation sites excluding steroid dienone is 4. The third-order valence-electron chi connectivity index (χ3n) is 7.56. The maximum absolute atomic E-state index is 14.1. The first-order valence-electron chi connectivity index (χ1n) is 14.7. The summed E-state index contributed by atoms with van der Waals surface area (Å²) in [4.78, 5) is 30.6. The summed E-state index contributed by atoms with van der Waals surface area (Å²) in [6.45, 7) is 11.2. The Morgan fingerprint density at radius 2 is 1.38 bits per heavy atom. The highest BCUT2D eigenvalue weighted by Crippen LogP contribution is 2.33. The van der Waals surface area contributed by atoms with Crippen LogP contribution in [0.2, 0.25) is 0 Å². The lowest BCUT2D eigenvalue weighted by Crippen LogP contribution is -2.46. The number of anilines is 1. The fourth-order valence-electron chi connectivity index (χ4n) is 4.77. The van der Waals surface area contributed by atoms with Gasteiger partial charge >= 0.3 is 12.4 Å². The van der Waals surface area contributed by atoms with Crippen molar-refractivity contribution in [1.29, 1.82) is 0 Å². The van der Waals surface area contributed by atoms with Gasteiger partial charge in [-0.2, -0.15) is 26.3 Å². The van der Waals surface area contributed by atoms with Crippen LogP contribution in [-0.2, 0) is 23.6 Å². The summed E-state index contributed by atoms with van der Waals surface area (Å²) >= 11 is 0. The van der Waals surface area contributed by atoms with E-state index in [2.05, 4.69) is 6.58 Å². The number of carbonyl (C=O) groups excluding carboxylic acids is 2. The molecular formula is C37H36F6N2O2. The fourth-order valence-corrected chi connectivity index (χ4v) is 4.77. The van der Waals surface area contributed by atoms with E-state index in [4.69, 9.17) is 0 Å². The third kappa shape index (κ3) is 9.57. The minimum absolute atomic E-state index is 0.0453. The van der Waals surface area contributed by atoms with Gasteiger partial charge in [-0.1, -0.05) is 67.3 Å². The van der Waals surface area contributed by atoms with Crippen molar-refractivity contribution in [3.05, 3.63) is 149 Å². The molecule has 3 aromatic carbocycles. The van der Waals surface area contributed by atoms with Gasteiger partial charge in [-0.15, -0.1) is 0 Å². The zero-order valence-electron chi connectivity index (χ0n) is 26.5. The lowest BCUT2D eigenvalue weighted by molar-refractivity contribution is -0.138. The number of aryl methyl sites for hydroxylation is 1. The van der Waals surface area contributed by atoms with Crippen molar-refractivity contribution in [3.63, 3.8) is 0 Å². The molecule has 0 radical (unpaired) electrons. The van der Waals surface area contributed by atoms with E-state index in [-0.39, 0.29) is 29.9 Å². The Kier molecular flexibility index (Phi) is 12.2. The molecule has 0 aromatic heterocycles. The summed E-state index contributed by atoms with van der Waals surface area (Å²) in [6.07, 6.45) is -0.403. The summed E-state index contributed by atoms with van der Waals surface area (Å²) in [5, 5.41) is 0. The molecule has 47 heavy (non-hydrogen) atoms. The Balaban J connectivity index is 2.08. The van der Waals surface area contributed by atoms with Gasteiger partial charge in [0.15, 0.2) is 0 Å². The molecule has 0 saturated heterocycles. The zero-order chi connectivity index (χ0) is 34.9. The number of benzene rings is 3. The predicted molar refractivity (Wildman–Crippen MR) is 173 cm³/mol. The van der Waals surface area contributed by atoms with Gasteiger partial charge in [-0.05, 0) is 86.9 Å². The second-order valence-corrected chi connectivity index (χ2v) is 10.8. The number of nitrogens with zero attached hydrogens (tertiary/aromatic N) is 2. The van der Waals surface area contributed by atoms with E-state index < -0.39 is 41.3 Å². The van der Waals surface area contributed by atoms with Crippen LogP contribution in [-0.4, -0.2) is 29.3 Å². The SMILES string of the molecule is C=C(C(C)N(CC(/C=C\C=C/C)=C/C)C(=O)Cc1ccc(C(F)(F)F)cc1)N(C(=O)c1ccccc1C)c1ccc(C(F)(F)F)cc1. The van der Waals surface area contributed by atoms with Gasteiger partial charge in [0.25, 0.3) is 5.91 Å². The average Bonchev–Trinajstić information content (AvgIpc) is 3.02. The van der Waals surface area contributed by atoms with Crippen LogP contribution in [0.3, 0.4) is 0 Å². The Labute approximate surface area is 271 Å². The van der Waals surface area contributed by atoms with Crippen LogP contribution in [0.1, 0.15) is 53.4 Å². The zero-order valence-corrected chi connectivity index (χ0v) is 26.5. The van der Waals surface area contributed by atoms with Gasteiger partial charge in [-0.3, -0.25) is 14.5 Å². The van der Waals surface area contributed by atoms with Gasteiger partial charge in [0, 0.05) is 23.5 Å². The number of amides is 2. The molecule has 4 nitrogen and oxygen atoms in total. The summed E-state index contributed by atoms with van der Waals surface area (Å²) in [5.74, 6) is -1.03. The molecule has 0 spiro atoms. The minimum atomic E-state index is -4.60. The van der Waals surface area contributed by atoms with E-state index in [9.17, 15) is 35.9 Å². The Morgan fingerprint density at radius 3 is 1.89 bits per heavy atom. The highest BCUT2D eigenvalue weighted by molar-refractivity contribution is 6.09. The van der Waals surface area contributed by atoms with E-state index in [0.29, 0.717) is 11.1 Å². The first-order chi connectivity index (χ1) is 22.1. The molecule has 1 unspecified atom stereocenters. The van der Waals surface area contributed by atoms with Crippen LogP contribution >= 0.6 is 0 Å². The third-order valence-corrected chi connectivity index (χ3v) is 7.56. The molecular weight excluding hydrogens is 618 g/mol. The Bertz CT molecular complexity index is 1650. The quantitative estimate of drug-likeness (QED) is 0.153. The van der Waals surface area contributed by atoms with Crippen molar-refractivity contribution in [2.45, 2.75) is 52.5 Å². The molecule has 0 N–H and O–H groups in total. The van der Waals surface area contributed by atoms with Gasteiger partial charge in [0.2, 0.25) is 5.91 Å². The number of hydrogen-bond donors (Lipinski definition) is 0. The van der Waals surface area contributed by atoms with Crippen LogP contribution in [0.5, 0.6) is 0 Å². The first kappa shape index (κ1) is 36.6. The first-order valence-corrected chi connectivity index (χ1v) is 14.7. The maximum atomic E-state index is 14.1. The average molecular weight is 655 g/mol. The second-order valence-electron chi connectivity index (χ2n) is 10.8. The normalized spacial score (nSPS) is 13.2. The van der Waals surface area contributed by atoms with Crippen LogP contribution in [0.25, 0.3) is 0 Å². The van der Waals surface area contributed by atoms with Crippen molar-refractivity contribution < 1.29 is 35.9 Å². The summed E-state index contributed by atoms with van der Waals surface area (Å²) < 4.78 is 79.6. The van der Waals surface area contributed by atoms with Crippen molar-refractivity contribution in [2.24, 2.45) is 0 Å². The largest absolute Gasteiger partial charge is 0.416 e. The summed E-state index contributed by atoms with van der Waals surface area (Å²) in [7, 11) is 0. The molecule has 0 aliphatic carbocycles. The van der Waals surface area contributed by atoms with E-state index in [1.807, 2.05) is 13.0 Å². The number of rotatable bonds is 11.